The minimum atomic E-state index is -0.522. The number of nitriles is 1. The summed E-state index contributed by atoms with van der Waals surface area (Å²) in [7, 11) is 0. The molecule has 24 heavy (non-hydrogen) atoms. The first-order chi connectivity index (χ1) is 11.3. The summed E-state index contributed by atoms with van der Waals surface area (Å²) in [4.78, 5) is 16.1. The zero-order valence-electron chi connectivity index (χ0n) is 14.2. The molecule has 0 aromatic carbocycles. The molecular weight excluding hydrogens is 328 g/mol. The van der Waals surface area contributed by atoms with Crippen LogP contribution in [-0.2, 0) is 4.74 Å². The fraction of sp³-hybridized carbons (Fsp3) is 0.588. The number of halogens is 1. The number of alkyl carbamates (subject to hydrolysis) is 1. The lowest BCUT2D eigenvalue weighted by atomic mass is 9.90. The number of hydrogen-bond acceptors (Lipinski definition) is 5. The van der Waals surface area contributed by atoms with E-state index in [0.29, 0.717) is 5.02 Å². The highest BCUT2D eigenvalue weighted by atomic mass is 35.5. The van der Waals surface area contributed by atoms with Crippen molar-refractivity contribution in [1.29, 1.82) is 5.26 Å². The zero-order valence-corrected chi connectivity index (χ0v) is 15.0. The van der Waals surface area contributed by atoms with Crippen LogP contribution in [0.25, 0.3) is 0 Å². The van der Waals surface area contributed by atoms with Crippen molar-refractivity contribution in [3.05, 3.63) is 23.0 Å². The highest BCUT2D eigenvalue weighted by Crippen LogP contribution is 2.24. The Kier molecular flexibility index (Phi) is 5.89. The fourth-order valence-electron chi connectivity index (χ4n) is 2.75. The van der Waals surface area contributed by atoms with Crippen LogP contribution in [0.5, 0.6) is 0 Å². The van der Waals surface area contributed by atoms with Gasteiger partial charge < -0.3 is 15.4 Å². The number of anilines is 1. The molecular formula is C17H23ClN4O2. The minimum Gasteiger partial charge on any atom is -0.444 e. The maximum absolute atomic E-state index is 12.0. The normalized spacial score (nSPS) is 20.8. The number of nitrogens with one attached hydrogen (secondary N) is 2. The van der Waals surface area contributed by atoms with Gasteiger partial charge in [0, 0.05) is 6.04 Å². The van der Waals surface area contributed by atoms with E-state index in [2.05, 4.69) is 15.6 Å². The number of ether oxygens (including phenoxy) is 1. The van der Waals surface area contributed by atoms with Crippen LogP contribution >= 0.6 is 11.6 Å². The van der Waals surface area contributed by atoms with Gasteiger partial charge in [0.05, 0.1) is 22.9 Å². The first-order valence-corrected chi connectivity index (χ1v) is 8.48. The number of amides is 1. The Morgan fingerprint density at radius 3 is 2.62 bits per heavy atom. The maximum Gasteiger partial charge on any atom is 0.407 e. The van der Waals surface area contributed by atoms with Crippen LogP contribution in [0.4, 0.5) is 10.5 Å². The fourth-order valence-corrected chi connectivity index (χ4v) is 2.96. The van der Waals surface area contributed by atoms with Gasteiger partial charge in [-0.25, -0.2) is 9.78 Å². The van der Waals surface area contributed by atoms with Gasteiger partial charge in [0.15, 0.2) is 5.69 Å². The van der Waals surface area contributed by atoms with Crippen LogP contribution in [-0.4, -0.2) is 28.8 Å². The molecule has 1 aromatic rings. The van der Waals surface area contributed by atoms with Gasteiger partial charge >= 0.3 is 6.09 Å². The first kappa shape index (κ1) is 18.3. The Morgan fingerprint density at radius 2 is 2.04 bits per heavy atom. The third-order valence-electron chi connectivity index (χ3n) is 3.77. The van der Waals surface area contributed by atoms with Crippen LogP contribution in [0.2, 0.25) is 5.02 Å². The van der Waals surface area contributed by atoms with Crippen LogP contribution in [0, 0.1) is 11.3 Å². The summed E-state index contributed by atoms with van der Waals surface area (Å²) in [5, 5.41) is 15.5. The van der Waals surface area contributed by atoms with Gasteiger partial charge in [0.1, 0.15) is 11.7 Å². The van der Waals surface area contributed by atoms with Crippen molar-refractivity contribution in [2.24, 2.45) is 0 Å². The van der Waals surface area contributed by atoms with Crippen molar-refractivity contribution in [3.63, 3.8) is 0 Å². The van der Waals surface area contributed by atoms with E-state index >= 15 is 0 Å². The van der Waals surface area contributed by atoms with E-state index in [4.69, 9.17) is 21.6 Å². The third-order valence-corrected chi connectivity index (χ3v) is 4.06. The van der Waals surface area contributed by atoms with Crippen molar-refractivity contribution in [1.82, 2.24) is 10.3 Å². The summed E-state index contributed by atoms with van der Waals surface area (Å²) in [5.41, 5.74) is 0.419. The molecule has 1 aromatic heterocycles. The van der Waals surface area contributed by atoms with Gasteiger partial charge in [-0.3, -0.25) is 0 Å². The third kappa shape index (κ3) is 5.27. The summed E-state index contributed by atoms with van der Waals surface area (Å²) in [6.45, 7) is 5.52. The molecule has 1 saturated carbocycles. The number of carbonyl (C=O) groups excluding carboxylic acids is 1. The van der Waals surface area contributed by atoms with Crippen molar-refractivity contribution in [3.8, 4) is 6.07 Å². The van der Waals surface area contributed by atoms with E-state index < -0.39 is 11.7 Å². The van der Waals surface area contributed by atoms with Gasteiger partial charge in [0.25, 0.3) is 0 Å². The molecule has 1 aliphatic rings. The van der Waals surface area contributed by atoms with Gasteiger partial charge in [-0.2, -0.15) is 5.26 Å². The van der Waals surface area contributed by atoms with Crippen LogP contribution in [0.3, 0.4) is 0 Å². The molecule has 2 atom stereocenters. The van der Waals surface area contributed by atoms with Crippen LogP contribution in [0.15, 0.2) is 12.3 Å². The highest BCUT2D eigenvalue weighted by molar-refractivity contribution is 6.31. The van der Waals surface area contributed by atoms with Crippen LogP contribution < -0.4 is 10.6 Å². The molecule has 6 nitrogen and oxygen atoms in total. The smallest absolute Gasteiger partial charge is 0.407 e. The zero-order chi connectivity index (χ0) is 17.7. The van der Waals surface area contributed by atoms with Gasteiger partial charge in [-0.1, -0.05) is 24.4 Å². The second kappa shape index (κ2) is 7.71. The molecule has 1 aliphatic carbocycles. The Morgan fingerprint density at radius 1 is 1.38 bits per heavy atom. The molecule has 1 amide bonds. The molecule has 1 fully saturated rings. The van der Waals surface area contributed by atoms with Crippen molar-refractivity contribution < 1.29 is 9.53 Å². The molecule has 7 heteroatoms. The molecule has 0 saturated heterocycles. The van der Waals surface area contributed by atoms with Crippen LogP contribution in [0.1, 0.15) is 52.1 Å². The minimum absolute atomic E-state index is 0.0250. The monoisotopic (exact) mass is 350 g/mol. The van der Waals surface area contributed by atoms with E-state index in [9.17, 15) is 4.79 Å². The maximum atomic E-state index is 12.0. The molecule has 2 rings (SSSR count). The van der Waals surface area contributed by atoms with E-state index in [1.54, 1.807) is 12.3 Å². The summed E-state index contributed by atoms with van der Waals surface area (Å²) in [6.07, 6.45) is 5.14. The lowest BCUT2D eigenvalue weighted by Crippen LogP contribution is -2.49. The second-order valence-corrected chi connectivity index (χ2v) is 7.36. The molecule has 0 aliphatic heterocycles. The van der Waals surface area contributed by atoms with E-state index in [1.807, 2.05) is 26.8 Å². The molecule has 0 spiro atoms. The largest absolute Gasteiger partial charge is 0.444 e. The first-order valence-electron chi connectivity index (χ1n) is 8.10. The van der Waals surface area contributed by atoms with Gasteiger partial charge in [-0.15, -0.1) is 0 Å². The number of rotatable bonds is 3. The van der Waals surface area contributed by atoms with E-state index in [0.717, 1.165) is 31.4 Å². The standard InChI is InChI=1S/C17H23ClN4O2/c1-17(2,3)24-16(23)22-14-7-5-4-6-13(14)21-11-8-12(18)15(9-19)20-10-11/h8,10,13-14,21H,4-7H2,1-3H3,(H,22,23)/t13-,14+/m1/s1. The summed E-state index contributed by atoms with van der Waals surface area (Å²) >= 11 is 6.03. The van der Waals surface area contributed by atoms with E-state index in [-0.39, 0.29) is 17.8 Å². The predicted octanol–water partition coefficient (Wildman–Crippen LogP) is 3.85. The molecule has 0 radical (unpaired) electrons. The lowest BCUT2D eigenvalue weighted by Gasteiger charge is -2.34. The molecule has 2 N–H and O–H groups in total. The van der Waals surface area contributed by atoms with Crippen molar-refractivity contribution >= 4 is 23.4 Å². The van der Waals surface area contributed by atoms with E-state index in [1.165, 1.54) is 0 Å². The Bertz CT molecular complexity index is 636. The SMILES string of the molecule is CC(C)(C)OC(=O)N[C@H]1CCCC[C@H]1Nc1cnc(C#N)c(Cl)c1. The molecule has 1 heterocycles. The number of pyridine rings is 1. The van der Waals surface area contributed by atoms with Crippen molar-refractivity contribution in [2.45, 2.75) is 64.1 Å². The molecule has 130 valence electrons. The average molecular weight is 351 g/mol. The summed E-state index contributed by atoms with van der Waals surface area (Å²) < 4.78 is 5.34. The Balaban J connectivity index is 2.03. The number of nitrogens with zero attached hydrogens (tertiary/aromatic N) is 2. The average Bonchev–Trinajstić information content (AvgIpc) is 2.47. The number of aromatic nitrogens is 1. The van der Waals surface area contributed by atoms with Gasteiger partial charge in [0.2, 0.25) is 0 Å². The molecule has 0 unspecified atom stereocenters. The van der Waals surface area contributed by atoms with Crippen molar-refractivity contribution in [2.75, 3.05) is 5.32 Å². The topological polar surface area (TPSA) is 87.0 Å². The highest BCUT2D eigenvalue weighted by Gasteiger charge is 2.28. The summed E-state index contributed by atoms with van der Waals surface area (Å²) in [5.74, 6) is 0. The summed E-state index contributed by atoms with van der Waals surface area (Å²) in [6, 6.07) is 3.67. The second-order valence-electron chi connectivity index (χ2n) is 6.95. The number of carbonyl (C=O) groups is 1. The quantitative estimate of drug-likeness (QED) is 0.864. The Labute approximate surface area is 147 Å². The predicted molar refractivity (Wildman–Crippen MR) is 93.0 cm³/mol. The van der Waals surface area contributed by atoms with Gasteiger partial charge in [-0.05, 0) is 39.7 Å². The Hall–Kier alpha value is -2.00. The molecule has 0 bridgehead atoms. The number of hydrogen-bond donors (Lipinski definition) is 2. The lowest BCUT2D eigenvalue weighted by molar-refractivity contribution is 0.0488.